The topological polar surface area (TPSA) is 12.9 Å². The van der Waals surface area contributed by atoms with E-state index in [0.717, 1.165) is 15.3 Å². The lowest BCUT2D eigenvalue weighted by Gasteiger charge is -2.00. The fraction of sp³-hybridized carbons (Fsp3) is 0.100. The van der Waals surface area contributed by atoms with Crippen molar-refractivity contribution >= 4 is 42.8 Å². The van der Waals surface area contributed by atoms with Crippen LogP contribution in [0.15, 0.2) is 34.9 Å². The van der Waals surface area contributed by atoms with Crippen LogP contribution in [0.5, 0.6) is 0 Å². The van der Waals surface area contributed by atoms with Gasteiger partial charge in [-0.15, -0.1) is 0 Å². The minimum atomic E-state index is 0.850. The molecule has 0 aliphatic heterocycles. The van der Waals surface area contributed by atoms with Crippen molar-refractivity contribution in [3.63, 3.8) is 0 Å². The number of rotatable bonds is 1. The molecular formula is C10H7Br2N. The molecule has 0 unspecified atom stereocenters. The minimum absolute atomic E-state index is 0.850. The molecule has 0 radical (unpaired) electrons. The summed E-state index contributed by atoms with van der Waals surface area (Å²) < 4.78 is 1.05. The monoisotopic (exact) mass is 299 g/mol. The van der Waals surface area contributed by atoms with Crippen molar-refractivity contribution in [1.29, 1.82) is 0 Å². The van der Waals surface area contributed by atoms with E-state index in [1.807, 2.05) is 18.3 Å². The maximum absolute atomic E-state index is 4.37. The second kappa shape index (κ2) is 3.76. The molecule has 0 spiro atoms. The Morgan fingerprint density at radius 3 is 2.92 bits per heavy atom. The molecule has 3 heteroatoms. The van der Waals surface area contributed by atoms with Gasteiger partial charge in [0.25, 0.3) is 0 Å². The highest BCUT2D eigenvalue weighted by molar-refractivity contribution is 9.10. The van der Waals surface area contributed by atoms with Gasteiger partial charge < -0.3 is 0 Å². The summed E-state index contributed by atoms with van der Waals surface area (Å²) in [7, 11) is 0. The van der Waals surface area contributed by atoms with Gasteiger partial charge in [0.2, 0.25) is 0 Å². The Morgan fingerprint density at radius 2 is 2.15 bits per heavy atom. The van der Waals surface area contributed by atoms with Crippen LogP contribution >= 0.6 is 31.9 Å². The summed E-state index contributed by atoms with van der Waals surface area (Å²) in [6, 6.07) is 8.23. The molecule has 13 heavy (non-hydrogen) atoms. The van der Waals surface area contributed by atoms with Crippen molar-refractivity contribution in [1.82, 2.24) is 4.98 Å². The molecule has 0 amide bonds. The van der Waals surface area contributed by atoms with Gasteiger partial charge in [0.05, 0.1) is 5.52 Å². The van der Waals surface area contributed by atoms with Gasteiger partial charge in [-0.05, 0) is 33.6 Å². The lowest BCUT2D eigenvalue weighted by atomic mass is 10.2. The Bertz CT molecular complexity index is 440. The van der Waals surface area contributed by atoms with Crippen molar-refractivity contribution < 1.29 is 0 Å². The first kappa shape index (κ1) is 9.16. The Labute approximate surface area is 93.4 Å². The third kappa shape index (κ3) is 1.76. The third-order valence-corrected chi connectivity index (χ3v) is 3.16. The molecule has 1 nitrogen and oxygen atoms in total. The maximum Gasteiger partial charge on any atom is 0.0844 e. The molecule has 0 saturated heterocycles. The van der Waals surface area contributed by atoms with Crippen LogP contribution in [-0.4, -0.2) is 4.98 Å². The number of halogens is 2. The number of nitrogens with zero attached hydrogens (tertiary/aromatic N) is 1. The fourth-order valence-electron chi connectivity index (χ4n) is 1.24. The molecule has 0 aliphatic rings. The summed E-state index contributed by atoms with van der Waals surface area (Å²) in [5, 5.41) is 2.02. The number of benzene rings is 1. The van der Waals surface area contributed by atoms with Gasteiger partial charge in [0, 0.05) is 21.4 Å². The maximum atomic E-state index is 4.37. The van der Waals surface area contributed by atoms with Crippen LogP contribution in [-0.2, 0) is 5.33 Å². The van der Waals surface area contributed by atoms with Crippen molar-refractivity contribution in [3.8, 4) is 0 Å². The predicted molar refractivity (Wildman–Crippen MR) is 62.1 cm³/mol. The van der Waals surface area contributed by atoms with E-state index < -0.39 is 0 Å². The summed E-state index contributed by atoms with van der Waals surface area (Å²) in [6.07, 6.45) is 1.89. The molecule has 0 atom stereocenters. The van der Waals surface area contributed by atoms with Gasteiger partial charge in [-0.3, -0.25) is 4.98 Å². The molecule has 1 heterocycles. The van der Waals surface area contributed by atoms with Crippen molar-refractivity contribution in [2.24, 2.45) is 0 Å². The van der Waals surface area contributed by atoms with Gasteiger partial charge in [0.1, 0.15) is 0 Å². The van der Waals surface area contributed by atoms with Gasteiger partial charge in [-0.2, -0.15) is 0 Å². The average Bonchev–Trinajstić information content (AvgIpc) is 2.18. The molecule has 0 saturated carbocycles. The van der Waals surface area contributed by atoms with Crippen molar-refractivity contribution in [2.75, 3.05) is 0 Å². The molecule has 0 aliphatic carbocycles. The third-order valence-electron chi connectivity index (χ3n) is 1.87. The number of fused-ring (bicyclic) bond motifs is 1. The summed E-state index contributed by atoms with van der Waals surface area (Å²) in [5.41, 5.74) is 2.22. The van der Waals surface area contributed by atoms with Crippen molar-refractivity contribution in [3.05, 3.63) is 40.5 Å². The first-order valence-corrected chi connectivity index (χ1v) is 5.82. The lowest BCUT2D eigenvalue weighted by molar-refractivity contribution is 1.31. The largest absolute Gasteiger partial charge is 0.255 e. The number of alkyl halides is 1. The Balaban J connectivity index is 2.72. The molecule has 0 fully saturated rings. The van der Waals surface area contributed by atoms with E-state index in [1.165, 1.54) is 10.9 Å². The van der Waals surface area contributed by atoms with Crippen LogP contribution in [0.25, 0.3) is 10.9 Å². The molecule has 0 N–H and O–H groups in total. The van der Waals surface area contributed by atoms with Gasteiger partial charge >= 0.3 is 0 Å². The van der Waals surface area contributed by atoms with Crippen LogP contribution in [0, 0.1) is 0 Å². The molecule has 1 aromatic heterocycles. The van der Waals surface area contributed by atoms with Crippen LogP contribution in [0.3, 0.4) is 0 Å². The zero-order valence-corrected chi connectivity index (χ0v) is 9.97. The number of pyridine rings is 1. The second-order valence-corrected chi connectivity index (χ2v) is 4.20. The van der Waals surface area contributed by atoms with Crippen molar-refractivity contribution in [2.45, 2.75) is 5.33 Å². The quantitative estimate of drug-likeness (QED) is 0.728. The van der Waals surface area contributed by atoms with E-state index in [2.05, 4.69) is 49.0 Å². The Hall–Kier alpha value is -0.410. The summed E-state index contributed by atoms with van der Waals surface area (Å²) in [6.45, 7) is 0. The molecule has 0 bridgehead atoms. The number of aromatic nitrogens is 1. The van der Waals surface area contributed by atoms with Gasteiger partial charge in [-0.25, -0.2) is 0 Å². The van der Waals surface area contributed by atoms with Crippen LogP contribution in [0.1, 0.15) is 5.56 Å². The minimum Gasteiger partial charge on any atom is -0.255 e. The normalized spacial score (nSPS) is 10.6. The molecule has 1 aromatic carbocycles. The molecule has 2 rings (SSSR count). The molecular weight excluding hydrogens is 294 g/mol. The first-order valence-electron chi connectivity index (χ1n) is 3.90. The Kier molecular flexibility index (Phi) is 2.65. The summed E-state index contributed by atoms with van der Waals surface area (Å²) in [5.74, 6) is 0. The van der Waals surface area contributed by atoms with E-state index >= 15 is 0 Å². The lowest BCUT2D eigenvalue weighted by Crippen LogP contribution is -1.83. The summed E-state index contributed by atoms with van der Waals surface area (Å²) in [4.78, 5) is 4.37. The molecule has 66 valence electrons. The smallest absolute Gasteiger partial charge is 0.0844 e. The SMILES string of the molecule is BrCc1cnc2c(Br)cccc2c1. The van der Waals surface area contributed by atoms with E-state index in [4.69, 9.17) is 0 Å². The number of hydrogen-bond acceptors (Lipinski definition) is 1. The van der Waals surface area contributed by atoms with E-state index in [-0.39, 0.29) is 0 Å². The standard InChI is InChI=1S/C10H7Br2N/c11-5-7-4-8-2-1-3-9(12)10(8)13-6-7/h1-4,6H,5H2. The predicted octanol–water partition coefficient (Wildman–Crippen LogP) is 3.89. The zero-order valence-electron chi connectivity index (χ0n) is 6.80. The first-order chi connectivity index (χ1) is 6.31. The Morgan fingerprint density at radius 1 is 1.31 bits per heavy atom. The highest BCUT2D eigenvalue weighted by atomic mass is 79.9. The second-order valence-electron chi connectivity index (χ2n) is 2.79. The zero-order chi connectivity index (χ0) is 9.26. The van der Waals surface area contributed by atoms with E-state index in [0.29, 0.717) is 0 Å². The molecule has 2 aromatic rings. The number of hydrogen-bond donors (Lipinski definition) is 0. The van der Waals surface area contributed by atoms with Crippen LogP contribution in [0.4, 0.5) is 0 Å². The summed E-state index contributed by atoms with van der Waals surface area (Å²) >= 11 is 6.88. The number of para-hydroxylation sites is 1. The highest BCUT2D eigenvalue weighted by Gasteiger charge is 1.99. The van der Waals surface area contributed by atoms with Gasteiger partial charge in [-0.1, -0.05) is 28.1 Å². The van der Waals surface area contributed by atoms with Crippen LogP contribution < -0.4 is 0 Å². The average molecular weight is 301 g/mol. The highest BCUT2D eigenvalue weighted by Crippen LogP contribution is 2.22. The van der Waals surface area contributed by atoms with Crippen LogP contribution in [0.2, 0.25) is 0 Å². The van der Waals surface area contributed by atoms with E-state index in [9.17, 15) is 0 Å². The fourth-order valence-corrected chi connectivity index (χ4v) is 2.03. The van der Waals surface area contributed by atoms with E-state index in [1.54, 1.807) is 0 Å². The van der Waals surface area contributed by atoms with Gasteiger partial charge in [0.15, 0.2) is 0 Å².